The summed E-state index contributed by atoms with van der Waals surface area (Å²) in [5.41, 5.74) is 6.63. The standard InChI is InChI=1S/C29H29ClN6O/c1-3-9-22-13-8-14-26(30)27(22)36-19-23(10-4-2)35(29(36)37)18-20-15-16-24(21-11-6-5-7-12-21)25(17-20)28-31-33-34-32-28/h5-8,11-17,19H,3-4,9-10,18H2,1-2H3,(H,31,32,33,34). The normalized spacial score (nSPS) is 11.2. The lowest BCUT2D eigenvalue weighted by Crippen LogP contribution is -2.25. The molecule has 5 rings (SSSR count). The third kappa shape index (κ3) is 5.00. The number of halogens is 1. The first-order valence-corrected chi connectivity index (χ1v) is 13.0. The predicted octanol–water partition coefficient (Wildman–Crippen LogP) is 6.09. The van der Waals surface area contributed by atoms with Crippen molar-refractivity contribution in [2.24, 2.45) is 0 Å². The molecular formula is C29H29ClN6O. The Morgan fingerprint density at radius 3 is 2.46 bits per heavy atom. The fourth-order valence-electron chi connectivity index (χ4n) is 4.82. The first kappa shape index (κ1) is 24.7. The number of para-hydroxylation sites is 1. The van der Waals surface area contributed by atoms with Crippen molar-refractivity contribution in [1.29, 1.82) is 0 Å². The summed E-state index contributed by atoms with van der Waals surface area (Å²) < 4.78 is 3.57. The van der Waals surface area contributed by atoms with Crippen LogP contribution >= 0.6 is 11.6 Å². The number of benzene rings is 3. The van der Waals surface area contributed by atoms with Gasteiger partial charge in [0.2, 0.25) is 5.82 Å². The van der Waals surface area contributed by atoms with E-state index in [9.17, 15) is 4.79 Å². The number of hydrogen-bond acceptors (Lipinski definition) is 4. The van der Waals surface area contributed by atoms with E-state index in [1.54, 1.807) is 4.57 Å². The third-order valence-corrected chi connectivity index (χ3v) is 6.80. The van der Waals surface area contributed by atoms with Crippen molar-refractivity contribution in [2.75, 3.05) is 0 Å². The predicted molar refractivity (Wildman–Crippen MR) is 147 cm³/mol. The van der Waals surface area contributed by atoms with Crippen molar-refractivity contribution in [1.82, 2.24) is 29.8 Å². The SMILES string of the molecule is CCCc1cccc(Cl)c1-n1cc(CCC)n(Cc2ccc(-c3ccccc3)c(-c3nn[nH]n3)c2)c1=O. The Kier molecular flexibility index (Phi) is 7.32. The minimum atomic E-state index is -0.0952. The average molecular weight is 513 g/mol. The molecule has 1 N–H and O–H groups in total. The molecule has 0 amide bonds. The number of aryl methyl sites for hydroxylation is 2. The van der Waals surface area contributed by atoms with Gasteiger partial charge in [0.05, 0.1) is 17.3 Å². The fraction of sp³-hybridized carbons (Fsp3) is 0.241. The van der Waals surface area contributed by atoms with Gasteiger partial charge in [-0.25, -0.2) is 4.79 Å². The molecule has 0 saturated carbocycles. The van der Waals surface area contributed by atoms with Crippen molar-refractivity contribution < 1.29 is 0 Å². The van der Waals surface area contributed by atoms with Crippen LogP contribution in [0.1, 0.15) is 43.5 Å². The zero-order chi connectivity index (χ0) is 25.8. The maximum atomic E-state index is 13.8. The molecule has 7 nitrogen and oxygen atoms in total. The summed E-state index contributed by atoms with van der Waals surface area (Å²) in [5, 5.41) is 15.4. The Bertz CT molecular complexity index is 1550. The van der Waals surface area contributed by atoms with E-state index in [0.29, 0.717) is 17.4 Å². The van der Waals surface area contributed by atoms with Crippen LogP contribution in [0.25, 0.3) is 28.2 Å². The first-order valence-electron chi connectivity index (χ1n) is 12.6. The highest BCUT2D eigenvalue weighted by atomic mass is 35.5. The van der Waals surface area contributed by atoms with Gasteiger partial charge in [-0.05, 0) is 52.4 Å². The molecule has 8 heteroatoms. The lowest BCUT2D eigenvalue weighted by molar-refractivity contribution is 0.691. The third-order valence-electron chi connectivity index (χ3n) is 6.49. The van der Waals surface area contributed by atoms with Crippen molar-refractivity contribution in [2.45, 2.75) is 46.1 Å². The topological polar surface area (TPSA) is 81.4 Å². The zero-order valence-electron chi connectivity index (χ0n) is 21.0. The molecule has 2 heterocycles. The summed E-state index contributed by atoms with van der Waals surface area (Å²) in [6.07, 6.45) is 5.48. The molecule has 0 spiro atoms. The molecule has 0 bridgehead atoms. The Balaban J connectivity index is 1.60. The monoisotopic (exact) mass is 512 g/mol. The molecule has 0 aliphatic heterocycles. The van der Waals surface area contributed by atoms with Gasteiger partial charge in [0.25, 0.3) is 0 Å². The summed E-state index contributed by atoms with van der Waals surface area (Å²) in [5.74, 6) is 0.514. The number of imidazole rings is 1. The fourth-order valence-corrected chi connectivity index (χ4v) is 5.10. The van der Waals surface area contributed by atoms with Gasteiger partial charge >= 0.3 is 5.69 Å². The second-order valence-electron chi connectivity index (χ2n) is 9.09. The maximum Gasteiger partial charge on any atom is 0.333 e. The smallest absolute Gasteiger partial charge is 0.292 e. The highest BCUT2D eigenvalue weighted by Crippen LogP contribution is 2.31. The van der Waals surface area contributed by atoms with Gasteiger partial charge < -0.3 is 0 Å². The lowest BCUT2D eigenvalue weighted by Gasteiger charge is -2.12. The van der Waals surface area contributed by atoms with Crippen LogP contribution in [0, 0.1) is 0 Å². The Morgan fingerprint density at radius 2 is 1.73 bits per heavy atom. The van der Waals surface area contributed by atoms with Crippen LogP contribution in [0.3, 0.4) is 0 Å². The van der Waals surface area contributed by atoms with E-state index in [1.165, 1.54) is 0 Å². The summed E-state index contributed by atoms with van der Waals surface area (Å²) in [4.78, 5) is 13.8. The van der Waals surface area contributed by atoms with Crippen molar-refractivity contribution in [3.8, 4) is 28.2 Å². The molecule has 0 unspecified atom stereocenters. The second-order valence-corrected chi connectivity index (χ2v) is 9.50. The van der Waals surface area contributed by atoms with E-state index >= 15 is 0 Å². The average Bonchev–Trinajstić information content (AvgIpc) is 3.55. The Morgan fingerprint density at radius 1 is 0.919 bits per heavy atom. The van der Waals surface area contributed by atoms with Crippen LogP contribution in [0.2, 0.25) is 5.02 Å². The van der Waals surface area contributed by atoms with Gasteiger partial charge in [-0.1, -0.05) is 92.9 Å². The van der Waals surface area contributed by atoms with E-state index in [-0.39, 0.29) is 5.69 Å². The van der Waals surface area contributed by atoms with Gasteiger partial charge in [-0.15, -0.1) is 10.2 Å². The Hall–Kier alpha value is -3.97. The van der Waals surface area contributed by atoms with Gasteiger partial charge in [-0.3, -0.25) is 9.13 Å². The molecule has 0 radical (unpaired) electrons. The van der Waals surface area contributed by atoms with Gasteiger partial charge in [0.15, 0.2) is 0 Å². The van der Waals surface area contributed by atoms with Crippen LogP contribution in [0.5, 0.6) is 0 Å². The summed E-state index contributed by atoms with van der Waals surface area (Å²) >= 11 is 6.63. The van der Waals surface area contributed by atoms with Crippen LogP contribution in [-0.2, 0) is 19.4 Å². The van der Waals surface area contributed by atoms with Crippen molar-refractivity contribution in [3.05, 3.63) is 105 Å². The summed E-state index contributed by atoms with van der Waals surface area (Å²) in [6.45, 7) is 4.67. The first-order chi connectivity index (χ1) is 18.1. The van der Waals surface area contributed by atoms with Gasteiger partial charge in [0.1, 0.15) is 0 Å². The van der Waals surface area contributed by atoms with Crippen LogP contribution < -0.4 is 5.69 Å². The van der Waals surface area contributed by atoms with E-state index in [2.05, 4.69) is 58.7 Å². The van der Waals surface area contributed by atoms with E-state index in [4.69, 9.17) is 11.6 Å². The largest absolute Gasteiger partial charge is 0.333 e. The summed E-state index contributed by atoms with van der Waals surface area (Å²) in [6, 6.07) is 22.1. The zero-order valence-corrected chi connectivity index (χ0v) is 21.7. The Labute approximate surface area is 220 Å². The van der Waals surface area contributed by atoms with Gasteiger partial charge in [-0.2, -0.15) is 5.21 Å². The molecule has 2 aromatic heterocycles. The molecule has 37 heavy (non-hydrogen) atoms. The molecule has 0 aliphatic rings. The number of nitrogens with one attached hydrogen (secondary N) is 1. The lowest BCUT2D eigenvalue weighted by atomic mass is 9.97. The van der Waals surface area contributed by atoms with E-state index < -0.39 is 0 Å². The minimum Gasteiger partial charge on any atom is -0.292 e. The van der Waals surface area contributed by atoms with Crippen molar-refractivity contribution >= 4 is 11.6 Å². The quantitative estimate of drug-likeness (QED) is 0.259. The number of aromatic amines is 1. The highest BCUT2D eigenvalue weighted by Gasteiger charge is 2.18. The second kappa shape index (κ2) is 11.0. The number of H-pyrrole nitrogens is 1. The minimum absolute atomic E-state index is 0.0952. The molecule has 5 aromatic rings. The molecule has 3 aromatic carbocycles. The molecule has 0 fully saturated rings. The van der Waals surface area contributed by atoms with E-state index in [1.807, 2.05) is 53.2 Å². The number of rotatable bonds is 9. The molecular weight excluding hydrogens is 484 g/mol. The van der Waals surface area contributed by atoms with E-state index in [0.717, 1.165) is 64.9 Å². The molecule has 0 atom stereocenters. The number of aromatic nitrogens is 6. The van der Waals surface area contributed by atoms with Crippen LogP contribution in [0.15, 0.2) is 77.7 Å². The van der Waals surface area contributed by atoms with Crippen molar-refractivity contribution in [3.63, 3.8) is 0 Å². The van der Waals surface area contributed by atoms with Crippen LogP contribution in [-0.4, -0.2) is 29.8 Å². The van der Waals surface area contributed by atoms with Gasteiger partial charge in [0, 0.05) is 17.5 Å². The number of hydrogen-bond donors (Lipinski definition) is 1. The number of tetrazole rings is 1. The summed E-state index contributed by atoms with van der Waals surface area (Å²) in [7, 11) is 0. The molecule has 0 saturated heterocycles. The maximum absolute atomic E-state index is 13.8. The van der Waals surface area contributed by atoms with Crippen LogP contribution in [0.4, 0.5) is 0 Å². The molecule has 0 aliphatic carbocycles. The highest BCUT2D eigenvalue weighted by molar-refractivity contribution is 6.32. The molecule has 188 valence electrons. The number of nitrogens with zero attached hydrogens (tertiary/aromatic N) is 5.